The molecule has 1 aliphatic heterocycles. The van der Waals surface area contributed by atoms with Crippen LogP contribution in [0.25, 0.3) is 0 Å². The molecule has 0 spiro atoms. The zero-order valence-electron chi connectivity index (χ0n) is 14.3. The molecule has 0 bridgehead atoms. The van der Waals surface area contributed by atoms with Crippen molar-refractivity contribution >= 4 is 0 Å². The fourth-order valence-corrected chi connectivity index (χ4v) is 3.22. The molecule has 1 saturated heterocycles. The predicted octanol–water partition coefficient (Wildman–Crippen LogP) is 2.05. The molecule has 2 aromatic rings. The highest BCUT2D eigenvalue weighted by molar-refractivity contribution is 5.33. The van der Waals surface area contributed by atoms with E-state index in [0.29, 0.717) is 0 Å². The van der Waals surface area contributed by atoms with E-state index in [9.17, 15) is 0 Å². The molecule has 1 fully saturated rings. The third-order valence-electron chi connectivity index (χ3n) is 4.56. The van der Waals surface area contributed by atoms with Gasteiger partial charge in [-0.3, -0.25) is 14.5 Å². The molecule has 0 atom stereocenters. The van der Waals surface area contributed by atoms with Gasteiger partial charge in [-0.15, -0.1) is 0 Å². The van der Waals surface area contributed by atoms with Crippen molar-refractivity contribution in [2.75, 3.05) is 33.3 Å². The maximum absolute atomic E-state index is 5.46. The zero-order valence-corrected chi connectivity index (χ0v) is 14.3. The number of nitrogens with zero attached hydrogens (tertiary/aromatic N) is 4. The first-order valence-electron chi connectivity index (χ1n) is 8.21. The number of aryl methyl sites for hydroxylation is 2. The van der Waals surface area contributed by atoms with Crippen molar-refractivity contribution in [2.24, 2.45) is 7.05 Å². The lowest BCUT2D eigenvalue weighted by molar-refractivity contribution is 0.121. The highest BCUT2D eigenvalue weighted by Crippen LogP contribution is 2.20. The van der Waals surface area contributed by atoms with E-state index >= 15 is 0 Å². The average molecular weight is 314 g/mol. The van der Waals surface area contributed by atoms with Crippen molar-refractivity contribution in [1.82, 2.24) is 19.6 Å². The van der Waals surface area contributed by atoms with Gasteiger partial charge in [-0.2, -0.15) is 5.10 Å². The lowest BCUT2D eigenvalue weighted by Crippen LogP contribution is -2.45. The topological polar surface area (TPSA) is 33.5 Å². The van der Waals surface area contributed by atoms with Crippen LogP contribution in [0.1, 0.15) is 16.8 Å². The maximum atomic E-state index is 5.46. The summed E-state index contributed by atoms with van der Waals surface area (Å²) in [6.45, 7) is 8.45. The zero-order chi connectivity index (χ0) is 16.2. The van der Waals surface area contributed by atoms with Crippen molar-refractivity contribution in [3.05, 3.63) is 47.3 Å². The van der Waals surface area contributed by atoms with Crippen LogP contribution < -0.4 is 4.74 Å². The quantitative estimate of drug-likeness (QED) is 0.846. The number of ether oxygens (including phenoxy) is 1. The molecule has 1 aromatic carbocycles. The van der Waals surface area contributed by atoms with E-state index < -0.39 is 0 Å². The first-order valence-corrected chi connectivity index (χ1v) is 8.21. The number of rotatable bonds is 5. The largest absolute Gasteiger partial charge is 0.496 e. The Morgan fingerprint density at radius 2 is 1.61 bits per heavy atom. The average Bonchev–Trinajstić information content (AvgIpc) is 2.87. The van der Waals surface area contributed by atoms with Crippen LogP contribution in [0.2, 0.25) is 0 Å². The summed E-state index contributed by atoms with van der Waals surface area (Å²) in [7, 11) is 3.73. The molecule has 124 valence electrons. The summed E-state index contributed by atoms with van der Waals surface area (Å²) < 4.78 is 7.36. The fraction of sp³-hybridized carbons (Fsp3) is 0.500. The Balaban J connectivity index is 1.53. The summed E-state index contributed by atoms with van der Waals surface area (Å²) in [4.78, 5) is 5.02. The predicted molar refractivity (Wildman–Crippen MR) is 91.5 cm³/mol. The number of methoxy groups -OCH3 is 1. The van der Waals surface area contributed by atoms with E-state index in [0.717, 1.165) is 50.7 Å². The molecule has 23 heavy (non-hydrogen) atoms. The molecular weight excluding hydrogens is 288 g/mol. The van der Waals surface area contributed by atoms with E-state index in [4.69, 9.17) is 4.74 Å². The van der Waals surface area contributed by atoms with Crippen LogP contribution in [-0.2, 0) is 20.1 Å². The minimum absolute atomic E-state index is 0.962. The smallest absolute Gasteiger partial charge is 0.123 e. The van der Waals surface area contributed by atoms with Crippen LogP contribution >= 0.6 is 0 Å². The lowest BCUT2D eigenvalue weighted by atomic mass is 10.1. The van der Waals surface area contributed by atoms with Crippen LogP contribution in [0, 0.1) is 6.92 Å². The van der Waals surface area contributed by atoms with Gasteiger partial charge in [0.1, 0.15) is 5.75 Å². The van der Waals surface area contributed by atoms with Crippen molar-refractivity contribution in [2.45, 2.75) is 20.0 Å². The van der Waals surface area contributed by atoms with Crippen LogP contribution in [-0.4, -0.2) is 52.9 Å². The van der Waals surface area contributed by atoms with Gasteiger partial charge in [0.15, 0.2) is 0 Å². The first-order chi connectivity index (χ1) is 11.2. The molecule has 3 rings (SSSR count). The first kappa shape index (κ1) is 16.0. The number of benzene rings is 1. The van der Waals surface area contributed by atoms with Crippen molar-refractivity contribution in [3.63, 3.8) is 0 Å². The summed E-state index contributed by atoms with van der Waals surface area (Å²) >= 11 is 0. The van der Waals surface area contributed by atoms with Gasteiger partial charge >= 0.3 is 0 Å². The van der Waals surface area contributed by atoms with Crippen LogP contribution in [0.15, 0.2) is 30.5 Å². The second-order valence-electron chi connectivity index (χ2n) is 6.28. The highest BCUT2D eigenvalue weighted by Gasteiger charge is 2.19. The Bertz CT molecular complexity index is 644. The molecule has 1 aromatic heterocycles. The van der Waals surface area contributed by atoms with Gasteiger partial charge in [0.25, 0.3) is 0 Å². The van der Waals surface area contributed by atoms with Crippen LogP contribution in [0.5, 0.6) is 5.75 Å². The number of hydrogen-bond donors (Lipinski definition) is 0. The molecule has 0 aliphatic carbocycles. The standard InChI is InChI=1S/C18H26N4O/c1-15-17(12-20(2)19-15)14-22-10-8-21(9-11-22)13-16-6-4-5-7-18(16)23-3/h4-7,12H,8-11,13-14H2,1-3H3. The van der Waals surface area contributed by atoms with Gasteiger partial charge in [-0.1, -0.05) is 18.2 Å². The molecule has 0 amide bonds. The normalized spacial score (nSPS) is 16.7. The summed E-state index contributed by atoms with van der Waals surface area (Å²) in [6, 6.07) is 8.30. The molecular formula is C18H26N4O. The Morgan fingerprint density at radius 1 is 1.00 bits per heavy atom. The summed E-state index contributed by atoms with van der Waals surface area (Å²) in [5.74, 6) is 0.987. The lowest BCUT2D eigenvalue weighted by Gasteiger charge is -2.34. The Labute approximate surface area is 138 Å². The van der Waals surface area contributed by atoms with E-state index in [1.807, 2.05) is 23.9 Å². The number of piperazine rings is 1. The van der Waals surface area contributed by atoms with Crippen molar-refractivity contribution < 1.29 is 4.74 Å². The Hall–Kier alpha value is -1.85. The minimum atomic E-state index is 0.962. The molecule has 0 N–H and O–H groups in total. The molecule has 5 heteroatoms. The van der Waals surface area contributed by atoms with Crippen LogP contribution in [0.3, 0.4) is 0 Å². The van der Waals surface area contributed by atoms with Crippen molar-refractivity contribution in [3.8, 4) is 5.75 Å². The number of para-hydroxylation sites is 1. The van der Waals surface area contributed by atoms with Crippen molar-refractivity contribution in [1.29, 1.82) is 0 Å². The van der Waals surface area contributed by atoms with Gasteiger partial charge < -0.3 is 4.74 Å². The van der Waals surface area contributed by atoms with Crippen LogP contribution in [0.4, 0.5) is 0 Å². The molecule has 0 unspecified atom stereocenters. The van der Waals surface area contributed by atoms with E-state index in [2.05, 4.69) is 40.2 Å². The minimum Gasteiger partial charge on any atom is -0.496 e. The Morgan fingerprint density at radius 3 is 2.17 bits per heavy atom. The number of hydrogen-bond acceptors (Lipinski definition) is 4. The third kappa shape index (κ3) is 3.92. The highest BCUT2D eigenvalue weighted by atomic mass is 16.5. The van der Waals surface area contributed by atoms with E-state index in [-0.39, 0.29) is 0 Å². The maximum Gasteiger partial charge on any atom is 0.123 e. The molecule has 2 heterocycles. The van der Waals surface area contributed by atoms with E-state index in [1.165, 1.54) is 11.1 Å². The summed E-state index contributed by atoms with van der Waals surface area (Å²) in [6.07, 6.45) is 2.14. The second kappa shape index (κ2) is 7.15. The second-order valence-corrected chi connectivity index (χ2v) is 6.28. The number of aromatic nitrogens is 2. The SMILES string of the molecule is COc1ccccc1CN1CCN(Cc2cn(C)nc2C)CC1. The molecule has 1 aliphatic rings. The Kier molecular flexibility index (Phi) is 4.98. The monoisotopic (exact) mass is 314 g/mol. The summed E-state index contributed by atoms with van der Waals surface area (Å²) in [5.41, 5.74) is 3.75. The fourth-order valence-electron chi connectivity index (χ4n) is 3.22. The third-order valence-corrected chi connectivity index (χ3v) is 4.56. The molecule has 0 radical (unpaired) electrons. The van der Waals surface area contributed by atoms with Gasteiger partial charge in [-0.05, 0) is 13.0 Å². The van der Waals surface area contributed by atoms with Gasteiger partial charge in [0.2, 0.25) is 0 Å². The van der Waals surface area contributed by atoms with Gasteiger partial charge in [-0.25, -0.2) is 0 Å². The van der Waals surface area contributed by atoms with E-state index in [1.54, 1.807) is 7.11 Å². The molecule has 5 nitrogen and oxygen atoms in total. The van der Waals surface area contributed by atoms with Gasteiger partial charge in [0.05, 0.1) is 12.8 Å². The molecule has 0 saturated carbocycles. The summed E-state index contributed by atoms with van der Waals surface area (Å²) in [5, 5.41) is 4.43. The van der Waals surface area contributed by atoms with Gasteiger partial charge in [0, 0.05) is 63.6 Å².